The van der Waals surface area contributed by atoms with Gasteiger partial charge in [0, 0.05) is 42.8 Å². The summed E-state index contributed by atoms with van der Waals surface area (Å²) in [7, 11) is -3.67. The van der Waals surface area contributed by atoms with Gasteiger partial charge in [0.05, 0.1) is 4.90 Å². The van der Waals surface area contributed by atoms with Crippen LogP contribution in [-0.2, 0) is 14.8 Å². The molecule has 1 amide bonds. The highest BCUT2D eigenvalue weighted by Gasteiger charge is 2.29. The number of hydrogen-bond acceptors (Lipinski definition) is 4. The Morgan fingerprint density at radius 3 is 2.30 bits per heavy atom. The Morgan fingerprint density at radius 1 is 1.03 bits per heavy atom. The fraction of sp³-hybridized carbons (Fsp3) is 0.250. The zero-order valence-electron chi connectivity index (χ0n) is 15.7. The molecule has 0 radical (unpaired) electrons. The largest absolute Gasteiger partial charge is 0.434 e. The van der Waals surface area contributed by atoms with E-state index in [1.807, 2.05) is 0 Å². The quantitative estimate of drug-likeness (QED) is 0.624. The van der Waals surface area contributed by atoms with Crippen LogP contribution in [0, 0.1) is 0 Å². The number of rotatable bonds is 6. The van der Waals surface area contributed by atoms with E-state index >= 15 is 0 Å². The SMILES string of the molecule is O=C(/C=C/c1ccccc1OC(F)F)N1CCN(S(=O)(=O)c2ccc(Cl)cc2)CC1. The van der Waals surface area contributed by atoms with Crippen molar-refractivity contribution in [3.63, 3.8) is 0 Å². The van der Waals surface area contributed by atoms with Crippen molar-refractivity contribution in [3.8, 4) is 5.75 Å². The molecule has 1 fully saturated rings. The number of halogens is 3. The van der Waals surface area contributed by atoms with Crippen molar-refractivity contribution in [1.82, 2.24) is 9.21 Å². The van der Waals surface area contributed by atoms with Crippen LogP contribution in [0.15, 0.2) is 59.5 Å². The van der Waals surface area contributed by atoms with E-state index in [0.29, 0.717) is 10.6 Å². The van der Waals surface area contributed by atoms with Gasteiger partial charge in [0.25, 0.3) is 0 Å². The lowest BCUT2D eigenvalue weighted by atomic mass is 10.2. The highest BCUT2D eigenvalue weighted by Crippen LogP contribution is 2.22. The first-order valence-electron chi connectivity index (χ1n) is 9.04. The van der Waals surface area contributed by atoms with Crippen molar-refractivity contribution in [3.05, 3.63) is 65.2 Å². The summed E-state index contributed by atoms with van der Waals surface area (Å²) in [5.41, 5.74) is 0.343. The maximum Gasteiger partial charge on any atom is 0.387 e. The zero-order valence-corrected chi connectivity index (χ0v) is 17.3. The van der Waals surface area contributed by atoms with Gasteiger partial charge in [-0.25, -0.2) is 8.42 Å². The number of piperazine rings is 1. The van der Waals surface area contributed by atoms with Crippen molar-refractivity contribution >= 4 is 33.6 Å². The number of carbonyl (C=O) groups excluding carboxylic acids is 1. The van der Waals surface area contributed by atoms with E-state index in [-0.39, 0.29) is 42.7 Å². The first-order valence-corrected chi connectivity index (χ1v) is 10.9. The van der Waals surface area contributed by atoms with E-state index in [1.54, 1.807) is 18.2 Å². The molecule has 0 atom stereocenters. The van der Waals surface area contributed by atoms with Gasteiger partial charge < -0.3 is 9.64 Å². The van der Waals surface area contributed by atoms with E-state index in [2.05, 4.69) is 4.74 Å². The molecule has 3 rings (SSSR count). The monoisotopic (exact) mass is 456 g/mol. The van der Waals surface area contributed by atoms with Gasteiger partial charge in [-0.1, -0.05) is 29.8 Å². The average molecular weight is 457 g/mol. The van der Waals surface area contributed by atoms with Gasteiger partial charge in [-0.3, -0.25) is 4.79 Å². The summed E-state index contributed by atoms with van der Waals surface area (Å²) >= 11 is 5.81. The van der Waals surface area contributed by atoms with E-state index in [9.17, 15) is 22.0 Å². The van der Waals surface area contributed by atoms with Gasteiger partial charge >= 0.3 is 6.61 Å². The van der Waals surface area contributed by atoms with Crippen molar-refractivity contribution in [2.45, 2.75) is 11.5 Å². The number of para-hydroxylation sites is 1. The van der Waals surface area contributed by atoms with E-state index in [0.717, 1.165) is 0 Å². The van der Waals surface area contributed by atoms with Crippen molar-refractivity contribution < 1.29 is 26.7 Å². The van der Waals surface area contributed by atoms with Gasteiger partial charge in [-0.15, -0.1) is 0 Å². The minimum atomic E-state index is -3.67. The molecule has 1 heterocycles. The minimum Gasteiger partial charge on any atom is -0.434 e. The van der Waals surface area contributed by atoms with Crippen molar-refractivity contribution in [1.29, 1.82) is 0 Å². The molecule has 1 aliphatic rings. The summed E-state index contributed by atoms with van der Waals surface area (Å²) < 4.78 is 56.1. The third-order valence-corrected chi connectivity index (χ3v) is 6.71. The molecule has 0 bridgehead atoms. The van der Waals surface area contributed by atoms with Gasteiger partial charge in [-0.05, 0) is 36.4 Å². The lowest BCUT2D eigenvalue weighted by molar-refractivity contribution is -0.127. The third kappa shape index (κ3) is 5.35. The van der Waals surface area contributed by atoms with Gasteiger partial charge in [-0.2, -0.15) is 13.1 Å². The predicted molar refractivity (Wildman–Crippen MR) is 109 cm³/mol. The van der Waals surface area contributed by atoms with E-state index < -0.39 is 16.6 Å². The molecule has 10 heteroatoms. The Hall–Kier alpha value is -2.49. The van der Waals surface area contributed by atoms with Crippen LogP contribution in [0.5, 0.6) is 5.75 Å². The first kappa shape index (κ1) is 22.2. The van der Waals surface area contributed by atoms with Crippen LogP contribution in [-0.4, -0.2) is 56.3 Å². The molecule has 1 aliphatic heterocycles. The number of benzene rings is 2. The molecular formula is C20H19ClF2N2O4S. The maximum atomic E-state index is 12.7. The van der Waals surface area contributed by atoms with E-state index in [1.165, 1.54) is 51.7 Å². The number of nitrogens with zero attached hydrogens (tertiary/aromatic N) is 2. The molecule has 2 aromatic rings. The number of alkyl halides is 2. The second-order valence-corrected chi connectivity index (χ2v) is 8.81. The molecule has 0 N–H and O–H groups in total. The molecule has 160 valence electrons. The lowest BCUT2D eigenvalue weighted by Crippen LogP contribution is -2.50. The molecule has 2 aromatic carbocycles. The second kappa shape index (κ2) is 9.55. The van der Waals surface area contributed by atoms with Crippen LogP contribution in [0.25, 0.3) is 6.08 Å². The zero-order chi connectivity index (χ0) is 21.7. The number of sulfonamides is 1. The Labute approximate surface area is 178 Å². The smallest absolute Gasteiger partial charge is 0.387 e. The highest BCUT2D eigenvalue weighted by molar-refractivity contribution is 7.89. The normalized spacial score (nSPS) is 15.7. The Bertz CT molecular complexity index is 1020. The van der Waals surface area contributed by atoms with Crippen molar-refractivity contribution in [2.24, 2.45) is 0 Å². The van der Waals surface area contributed by atoms with Crippen LogP contribution < -0.4 is 4.74 Å². The summed E-state index contributed by atoms with van der Waals surface area (Å²) in [6.45, 7) is -2.24. The minimum absolute atomic E-state index is 0.0320. The molecule has 0 aromatic heterocycles. The van der Waals surface area contributed by atoms with Crippen LogP contribution in [0.4, 0.5) is 8.78 Å². The summed E-state index contributed by atoms with van der Waals surface area (Å²) in [5, 5.41) is 0.441. The Morgan fingerprint density at radius 2 is 1.67 bits per heavy atom. The van der Waals surface area contributed by atoms with Crippen LogP contribution >= 0.6 is 11.6 Å². The number of ether oxygens (including phenoxy) is 1. The molecule has 0 saturated carbocycles. The number of hydrogen-bond donors (Lipinski definition) is 0. The van der Waals surface area contributed by atoms with Crippen LogP contribution in [0.2, 0.25) is 5.02 Å². The molecule has 0 unspecified atom stereocenters. The van der Waals surface area contributed by atoms with Crippen LogP contribution in [0.1, 0.15) is 5.56 Å². The maximum absolute atomic E-state index is 12.7. The van der Waals surface area contributed by atoms with Gasteiger partial charge in [0.1, 0.15) is 5.75 Å². The standard InChI is InChI=1S/C20H19ClF2N2O4S/c21-16-6-8-17(9-7-16)30(27,28)25-13-11-24(12-14-25)19(26)10-5-15-3-1-2-4-18(15)29-20(22)23/h1-10,20H,11-14H2/b10-5+. The molecule has 0 aliphatic carbocycles. The third-order valence-electron chi connectivity index (χ3n) is 4.54. The summed E-state index contributed by atoms with van der Waals surface area (Å²) in [5.74, 6) is -0.374. The molecule has 0 spiro atoms. The van der Waals surface area contributed by atoms with Gasteiger partial charge in [0.15, 0.2) is 0 Å². The molecule has 6 nitrogen and oxygen atoms in total. The highest BCUT2D eigenvalue weighted by atomic mass is 35.5. The summed E-state index contributed by atoms with van der Waals surface area (Å²) in [6.07, 6.45) is 2.66. The fourth-order valence-corrected chi connectivity index (χ4v) is 4.54. The fourth-order valence-electron chi connectivity index (χ4n) is 2.99. The number of amides is 1. The van der Waals surface area contributed by atoms with Gasteiger partial charge in [0.2, 0.25) is 15.9 Å². The van der Waals surface area contributed by atoms with Crippen molar-refractivity contribution in [2.75, 3.05) is 26.2 Å². The number of carbonyl (C=O) groups is 1. The summed E-state index contributed by atoms with van der Waals surface area (Å²) in [6, 6.07) is 12.0. The van der Waals surface area contributed by atoms with Crippen LogP contribution in [0.3, 0.4) is 0 Å². The molecular weight excluding hydrogens is 438 g/mol. The first-order chi connectivity index (χ1) is 14.3. The summed E-state index contributed by atoms with van der Waals surface area (Å²) in [4.78, 5) is 14.1. The Kier molecular flexibility index (Phi) is 7.06. The predicted octanol–water partition coefficient (Wildman–Crippen LogP) is 3.49. The Balaban J connectivity index is 1.62. The molecule has 1 saturated heterocycles. The van der Waals surface area contributed by atoms with E-state index in [4.69, 9.17) is 11.6 Å². The second-order valence-electron chi connectivity index (χ2n) is 6.43. The average Bonchev–Trinajstić information content (AvgIpc) is 2.73. The molecule has 30 heavy (non-hydrogen) atoms. The topological polar surface area (TPSA) is 66.9 Å². The lowest BCUT2D eigenvalue weighted by Gasteiger charge is -2.33.